The van der Waals surface area contributed by atoms with Crippen molar-refractivity contribution in [3.63, 3.8) is 0 Å². The minimum atomic E-state index is 0.181. The van der Waals surface area contributed by atoms with Gasteiger partial charge in [0.25, 0.3) is 0 Å². The van der Waals surface area contributed by atoms with Crippen LogP contribution >= 0.6 is 11.3 Å². The zero-order valence-corrected chi connectivity index (χ0v) is 8.17. The fraction of sp³-hybridized carbons (Fsp3) is 0.200. The summed E-state index contributed by atoms with van der Waals surface area (Å²) >= 11 is 1.70. The summed E-state index contributed by atoms with van der Waals surface area (Å²) in [5.41, 5.74) is 0. The number of rotatable bonds is 2. The van der Waals surface area contributed by atoms with E-state index in [1.807, 2.05) is 23.0 Å². The first kappa shape index (κ1) is 8.38. The maximum absolute atomic E-state index is 10.9. The molecule has 13 heavy (non-hydrogen) atoms. The van der Waals surface area contributed by atoms with Crippen molar-refractivity contribution < 1.29 is 9.36 Å². The molecule has 2 nitrogen and oxygen atoms in total. The Labute approximate surface area is 80.4 Å². The number of carbonyl (C=O) groups excluding carboxylic acids is 1. The van der Waals surface area contributed by atoms with E-state index in [0.717, 1.165) is 0 Å². The van der Waals surface area contributed by atoms with Crippen molar-refractivity contribution >= 4 is 27.2 Å². The van der Waals surface area contributed by atoms with Gasteiger partial charge < -0.3 is 0 Å². The zero-order valence-electron chi connectivity index (χ0n) is 7.36. The van der Waals surface area contributed by atoms with Gasteiger partial charge in [0, 0.05) is 18.4 Å². The van der Waals surface area contributed by atoms with E-state index in [2.05, 4.69) is 11.4 Å². The summed E-state index contributed by atoms with van der Waals surface area (Å²) in [6.07, 6.45) is 3.96. The molecule has 0 saturated heterocycles. The topological polar surface area (TPSA) is 20.9 Å². The molecule has 2 aromatic heterocycles. The van der Waals surface area contributed by atoms with Gasteiger partial charge >= 0.3 is 0 Å². The van der Waals surface area contributed by atoms with Gasteiger partial charge in [-0.25, -0.2) is 0 Å². The number of Topliss-reactive ketones (excluding diaryl/α,β-unsaturated/α-hetero) is 1. The summed E-state index contributed by atoms with van der Waals surface area (Å²) in [6.45, 7) is 2.07. The van der Waals surface area contributed by atoms with Gasteiger partial charge in [0.15, 0.2) is 18.2 Å². The van der Waals surface area contributed by atoms with Gasteiger partial charge in [0.05, 0.1) is 4.70 Å². The first-order chi connectivity index (χ1) is 6.25. The van der Waals surface area contributed by atoms with E-state index in [9.17, 15) is 4.79 Å². The van der Waals surface area contributed by atoms with E-state index >= 15 is 0 Å². The third-order valence-electron chi connectivity index (χ3n) is 1.86. The van der Waals surface area contributed by atoms with Gasteiger partial charge in [-0.05, 0) is 11.4 Å². The van der Waals surface area contributed by atoms with Crippen molar-refractivity contribution in [2.45, 2.75) is 13.5 Å². The molecule has 0 fully saturated rings. The Hall–Kier alpha value is -1.22. The fourth-order valence-electron chi connectivity index (χ4n) is 1.30. The van der Waals surface area contributed by atoms with Crippen molar-refractivity contribution in [1.82, 2.24) is 0 Å². The third-order valence-corrected chi connectivity index (χ3v) is 2.73. The molecule has 0 bridgehead atoms. The normalized spacial score (nSPS) is 10.5. The fourth-order valence-corrected chi connectivity index (χ4v) is 2.13. The quantitative estimate of drug-likeness (QED) is 0.664. The summed E-state index contributed by atoms with van der Waals surface area (Å²) in [4.78, 5) is 10.9. The molecule has 0 aliphatic heterocycles. The van der Waals surface area contributed by atoms with Gasteiger partial charge in [-0.1, -0.05) is 0 Å². The summed E-state index contributed by atoms with van der Waals surface area (Å²) in [6, 6.07) is 4.12. The second-order valence-electron chi connectivity index (χ2n) is 3.06. The molecule has 0 N–H and O–H groups in total. The number of carbonyl (C=O) groups is 1. The maximum atomic E-state index is 10.9. The summed E-state index contributed by atoms with van der Waals surface area (Å²) in [5.74, 6) is 0.181. The molecule has 2 aromatic rings. The molecule has 2 heterocycles. The van der Waals surface area contributed by atoms with Crippen molar-refractivity contribution in [3.8, 4) is 0 Å². The lowest BCUT2D eigenvalue weighted by molar-refractivity contribution is -0.682. The molecular weight excluding hydrogens is 182 g/mol. The van der Waals surface area contributed by atoms with Crippen LogP contribution in [0.25, 0.3) is 10.1 Å². The SMILES string of the molecule is CC(=O)C[n+]1ccc2ccsc2c1. The molecule has 0 atom stereocenters. The van der Waals surface area contributed by atoms with Crippen LogP contribution in [0.3, 0.4) is 0 Å². The number of pyridine rings is 1. The minimum absolute atomic E-state index is 0.181. The predicted octanol–water partition coefficient (Wildman–Crippen LogP) is 1.78. The highest BCUT2D eigenvalue weighted by atomic mass is 32.1. The Morgan fingerprint density at radius 2 is 2.38 bits per heavy atom. The van der Waals surface area contributed by atoms with Crippen molar-refractivity contribution in [1.29, 1.82) is 0 Å². The number of aromatic nitrogens is 1. The predicted molar refractivity (Wildman–Crippen MR) is 52.7 cm³/mol. The molecule has 0 aliphatic rings. The van der Waals surface area contributed by atoms with Crippen LogP contribution < -0.4 is 4.57 Å². The zero-order chi connectivity index (χ0) is 9.26. The Balaban J connectivity index is 2.42. The van der Waals surface area contributed by atoms with Crippen LogP contribution in [0.4, 0.5) is 0 Å². The van der Waals surface area contributed by atoms with Gasteiger partial charge in [0.2, 0.25) is 6.54 Å². The average Bonchev–Trinajstić information content (AvgIpc) is 2.49. The molecule has 66 valence electrons. The van der Waals surface area contributed by atoms with Crippen molar-refractivity contribution in [3.05, 3.63) is 29.9 Å². The molecular formula is C10H10NOS+. The first-order valence-electron chi connectivity index (χ1n) is 4.11. The molecule has 3 heteroatoms. The summed E-state index contributed by atoms with van der Waals surface area (Å²) in [5, 5.41) is 3.30. The van der Waals surface area contributed by atoms with E-state index in [1.165, 1.54) is 10.1 Å². The van der Waals surface area contributed by atoms with E-state index in [4.69, 9.17) is 0 Å². The van der Waals surface area contributed by atoms with E-state index < -0.39 is 0 Å². The van der Waals surface area contributed by atoms with E-state index in [1.54, 1.807) is 18.3 Å². The second kappa shape index (κ2) is 3.26. The Bertz CT molecular complexity index is 447. The van der Waals surface area contributed by atoms with Gasteiger partial charge in [-0.15, -0.1) is 11.3 Å². The minimum Gasteiger partial charge on any atom is -0.293 e. The maximum Gasteiger partial charge on any atom is 0.206 e. The molecule has 0 unspecified atom stereocenters. The molecule has 0 aromatic carbocycles. The number of hydrogen-bond donors (Lipinski definition) is 0. The van der Waals surface area contributed by atoms with Crippen LogP contribution in [0, 0.1) is 0 Å². The molecule has 0 saturated carbocycles. The van der Waals surface area contributed by atoms with Crippen LogP contribution in [0.2, 0.25) is 0 Å². The monoisotopic (exact) mass is 192 g/mol. The highest BCUT2D eigenvalue weighted by Gasteiger charge is 2.05. The number of fused-ring (bicyclic) bond motifs is 1. The molecule has 2 rings (SSSR count). The lowest BCUT2D eigenvalue weighted by Crippen LogP contribution is -2.35. The Kier molecular flexibility index (Phi) is 2.10. The molecule has 0 amide bonds. The number of hydrogen-bond acceptors (Lipinski definition) is 2. The molecule has 0 aliphatic carbocycles. The van der Waals surface area contributed by atoms with E-state index in [0.29, 0.717) is 6.54 Å². The van der Waals surface area contributed by atoms with Gasteiger partial charge in [-0.3, -0.25) is 4.79 Å². The lowest BCUT2D eigenvalue weighted by Gasteiger charge is -1.92. The first-order valence-corrected chi connectivity index (χ1v) is 4.99. The highest BCUT2D eigenvalue weighted by molar-refractivity contribution is 7.17. The Morgan fingerprint density at radius 3 is 3.15 bits per heavy atom. The molecule has 0 radical (unpaired) electrons. The third kappa shape index (κ3) is 1.75. The Morgan fingerprint density at radius 1 is 1.54 bits per heavy atom. The van der Waals surface area contributed by atoms with Crippen LogP contribution in [0.15, 0.2) is 29.9 Å². The summed E-state index contributed by atoms with van der Waals surface area (Å²) < 4.78 is 3.14. The lowest BCUT2D eigenvalue weighted by atomic mass is 10.3. The average molecular weight is 192 g/mol. The standard InChI is InChI=1S/C10H10NOS/c1-8(12)6-11-4-2-9-3-5-13-10(9)7-11/h2-5,7H,6H2,1H3/q+1. The number of nitrogens with zero attached hydrogens (tertiary/aromatic N) is 1. The number of ketones is 1. The second-order valence-corrected chi connectivity index (χ2v) is 4.01. The highest BCUT2D eigenvalue weighted by Crippen LogP contribution is 2.17. The van der Waals surface area contributed by atoms with Crippen LogP contribution in [0.1, 0.15) is 6.92 Å². The van der Waals surface area contributed by atoms with Crippen molar-refractivity contribution in [2.24, 2.45) is 0 Å². The van der Waals surface area contributed by atoms with Crippen LogP contribution in [-0.2, 0) is 11.3 Å². The van der Waals surface area contributed by atoms with Crippen LogP contribution in [-0.4, -0.2) is 5.78 Å². The molecule has 0 spiro atoms. The van der Waals surface area contributed by atoms with Crippen molar-refractivity contribution in [2.75, 3.05) is 0 Å². The van der Waals surface area contributed by atoms with Gasteiger partial charge in [0.1, 0.15) is 0 Å². The summed E-state index contributed by atoms with van der Waals surface area (Å²) in [7, 11) is 0. The largest absolute Gasteiger partial charge is 0.293 e. The van der Waals surface area contributed by atoms with Gasteiger partial charge in [-0.2, -0.15) is 4.57 Å². The smallest absolute Gasteiger partial charge is 0.206 e. The van der Waals surface area contributed by atoms with Crippen LogP contribution in [0.5, 0.6) is 0 Å². The van der Waals surface area contributed by atoms with E-state index in [-0.39, 0.29) is 5.78 Å². The number of thiophene rings is 1.